The van der Waals surface area contributed by atoms with Crippen molar-refractivity contribution < 1.29 is 23.9 Å². The summed E-state index contributed by atoms with van der Waals surface area (Å²) in [7, 11) is 0. The number of carbonyl (C=O) groups is 1. The second-order valence-electron chi connectivity index (χ2n) is 10.4. The molecule has 0 saturated heterocycles. The lowest BCUT2D eigenvalue weighted by atomic mass is 9.72. The number of hydrogen-bond acceptors (Lipinski definition) is 7. The molecule has 0 saturated carbocycles. The molecule has 9 heteroatoms. The first-order valence-electron chi connectivity index (χ1n) is 11.4. The SMILES string of the molecule is C=C(NNC(=O)COc1ccc(C(C)(C)CC(C)(C)C)cc1[N+](=O)[O-])c1ccc2c(c1)OCCO2. The number of nitrogens with one attached hydrogen (secondary N) is 2. The van der Waals surface area contributed by atoms with E-state index in [1.54, 1.807) is 24.3 Å². The third-order valence-corrected chi connectivity index (χ3v) is 5.51. The molecule has 0 aromatic heterocycles. The van der Waals surface area contributed by atoms with Gasteiger partial charge in [0.1, 0.15) is 13.2 Å². The van der Waals surface area contributed by atoms with Gasteiger partial charge in [-0.2, -0.15) is 0 Å². The van der Waals surface area contributed by atoms with Gasteiger partial charge in [-0.05, 0) is 47.1 Å². The van der Waals surface area contributed by atoms with E-state index >= 15 is 0 Å². The molecule has 1 aliphatic heterocycles. The number of amides is 1. The third kappa shape index (κ3) is 6.88. The molecule has 0 spiro atoms. The van der Waals surface area contributed by atoms with Gasteiger partial charge in [-0.15, -0.1) is 0 Å². The number of ether oxygens (including phenoxy) is 3. The molecular weight excluding hydrogens is 450 g/mol. The predicted octanol–water partition coefficient (Wildman–Crippen LogP) is 4.75. The van der Waals surface area contributed by atoms with Crippen molar-refractivity contribution in [3.05, 3.63) is 64.2 Å². The van der Waals surface area contributed by atoms with Crippen molar-refractivity contribution in [1.82, 2.24) is 10.9 Å². The Labute approximate surface area is 205 Å². The van der Waals surface area contributed by atoms with E-state index < -0.39 is 17.4 Å². The molecule has 0 bridgehead atoms. The minimum atomic E-state index is -0.518. The summed E-state index contributed by atoms with van der Waals surface area (Å²) >= 11 is 0. The average molecular weight is 484 g/mol. The number of hydrazine groups is 1. The molecule has 0 unspecified atom stereocenters. The summed E-state index contributed by atoms with van der Waals surface area (Å²) in [5, 5.41) is 11.7. The molecule has 3 rings (SSSR count). The van der Waals surface area contributed by atoms with Gasteiger partial charge in [0.2, 0.25) is 0 Å². The number of hydrogen-bond donors (Lipinski definition) is 2. The standard InChI is InChI=1S/C26H33N3O6/c1-17(18-7-9-22-23(13-18)34-12-11-33-22)27-28-24(30)15-35-21-10-8-19(14-20(21)29(31)32)26(5,6)16-25(2,3)4/h7-10,13-14,27H,1,11-12,15-16H2,2-6H3,(H,28,30). The quantitative estimate of drug-likeness (QED) is 0.391. The van der Waals surface area contributed by atoms with Crippen LogP contribution in [-0.2, 0) is 10.2 Å². The molecule has 188 valence electrons. The molecule has 0 atom stereocenters. The fraction of sp³-hybridized carbons (Fsp3) is 0.423. The zero-order valence-electron chi connectivity index (χ0n) is 20.9. The largest absolute Gasteiger partial charge is 0.486 e. The van der Waals surface area contributed by atoms with E-state index in [0.29, 0.717) is 36.0 Å². The van der Waals surface area contributed by atoms with Gasteiger partial charge >= 0.3 is 5.69 Å². The van der Waals surface area contributed by atoms with Crippen molar-refractivity contribution in [2.45, 2.75) is 46.5 Å². The molecule has 9 nitrogen and oxygen atoms in total. The van der Waals surface area contributed by atoms with Crippen LogP contribution in [0.1, 0.15) is 52.2 Å². The first-order valence-corrected chi connectivity index (χ1v) is 11.4. The Morgan fingerprint density at radius 2 is 1.74 bits per heavy atom. The van der Waals surface area contributed by atoms with Crippen LogP contribution in [-0.4, -0.2) is 30.7 Å². The van der Waals surface area contributed by atoms with Gasteiger partial charge in [-0.1, -0.05) is 47.3 Å². The van der Waals surface area contributed by atoms with Crippen LogP contribution < -0.4 is 25.1 Å². The molecule has 1 amide bonds. The lowest BCUT2D eigenvalue weighted by Gasteiger charge is -2.33. The van der Waals surface area contributed by atoms with Crippen molar-refractivity contribution in [2.24, 2.45) is 5.41 Å². The minimum absolute atomic E-state index is 0.0334. The van der Waals surface area contributed by atoms with Crippen LogP contribution in [0.25, 0.3) is 5.70 Å². The van der Waals surface area contributed by atoms with Crippen LogP contribution in [0, 0.1) is 15.5 Å². The number of nitro benzene ring substituents is 1. The van der Waals surface area contributed by atoms with Crippen LogP contribution in [0.3, 0.4) is 0 Å². The topological polar surface area (TPSA) is 112 Å². The predicted molar refractivity (Wildman–Crippen MR) is 133 cm³/mol. The summed E-state index contributed by atoms with van der Waals surface area (Å²) in [6, 6.07) is 10.2. The van der Waals surface area contributed by atoms with E-state index in [1.807, 2.05) is 6.07 Å². The van der Waals surface area contributed by atoms with Crippen molar-refractivity contribution >= 4 is 17.3 Å². The zero-order chi connectivity index (χ0) is 25.8. The summed E-state index contributed by atoms with van der Waals surface area (Å²) in [5.41, 5.74) is 6.81. The summed E-state index contributed by atoms with van der Waals surface area (Å²) in [5.74, 6) is 0.772. The van der Waals surface area contributed by atoms with E-state index in [9.17, 15) is 14.9 Å². The Kier molecular flexibility index (Phi) is 7.57. The monoisotopic (exact) mass is 483 g/mol. The van der Waals surface area contributed by atoms with Crippen molar-refractivity contribution in [3.8, 4) is 17.2 Å². The summed E-state index contributed by atoms with van der Waals surface area (Å²) in [6.07, 6.45) is 0.846. The van der Waals surface area contributed by atoms with Gasteiger partial charge < -0.3 is 14.2 Å². The van der Waals surface area contributed by atoms with Gasteiger partial charge in [0.15, 0.2) is 23.9 Å². The third-order valence-electron chi connectivity index (χ3n) is 5.51. The first kappa shape index (κ1) is 25.9. The minimum Gasteiger partial charge on any atom is -0.486 e. The Morgan fingerprint density at radius 3 is 2.40 bits per heavy atom. The first-order chi connectivity index (χ1) is 16.4. The number of carbonyl (C=O) groups excluding carboxylic acids is 1. The van der Waals surface area contributed by atoms with Gasteiger partial charge in [0.25, 0.3) is 5.91 Å². The molecule has 0 aliphatic carbocycles. The van der Waals surface area contributed by atoms with E-state index in [2.05, 4.69) is 52.0 Å². The van der Waals surface area contributed by atoms with Gasteiger partial charge in [0, 0.05) is 11.6 Å². The number of benzene rings is 2. The molecule has 2 N–H and O–H groups in total. The normalized spacial score (nSPS) is 13.1. The summed E-state index contributed by atoms with van der Waals surface area (Å²) in [4.78, 5) is 23.5. The fourth-order valence-corrected chi connectivity index (χ4v) is 4.26. The van der Waals surface area contributed by atoms with Crippen molar-refractivity contribution in [1.29, 1.82) is 0 Å². The molecular formula is C26H33N3O6. The Morgan fingerprint density at radius 1 is 1.06 bits per heavy atom. The van der Waals surface area contributed by atoms with Crippen LogP contribution in [0.2, 0.25) is 0 Å². The molecule has 35 heavy (non-hydrogen) atoms. The van der Waals surface area contributed by atoms with Gasteiger partial charge in [0.05, 0.1) is 10.6 Å². The average Bonchev–Trinajstić information content (AvgIpc) is 2.79. The van der Waals surface area contributed by atoms with E-state index in [4.69, 9.17) is 14.2 Å². The molecule has 0 fully saturated rings. The lowest BCUT2D eigenvalue weighted by Crippen LogP contribution is -2.39. The molecule has 0 radical (unpaired) electrons. The number of rotatable bonds is 9. The zero-order valence-corrected chi connectivity index (χ0v) is 20.9. The molecule has 1 heterocycles. The maximum absolute atomic E-state index is 12.3. The summed E-state index contributed by atoms with van der Waals surface area (Å²) in [6.45, 7) is 15.0. The highest BCUT2D eigenvalue weighted by Crippen LogP contribution is 2.39. The van der Waals surface area contributed by atoms with Crippen molar-refractivity contribution in [2.75, 3.05) is 19.8 Å². The number of nitrogens with zero attached hydrogens (tertiary/aromatic N) is 1. The number of fused-ring (bicyclic) bond motifs is 1. The van der Waals surface area contributed by atoms with Crippen LogP contribution in [0.15, 0.2) is 43.0 Å². The molecule has 2 aromatic rings. The Hall–Kier alpha value is -3.75. The Bertz CT molecular complexity index is 1120. The van der Waals surface area contributed by atoms with E-state index in [-0.39, 0.29) is 22.3 Å². The highest BCUT2D eigenvalue weighted by Gasteiger charge is 2.30. The van der Waals surface area contributed by atoms with Crippen molar-refractivity contribution in [3.63, 3.8) is 0 Å². The van der Waals surface area contributed by atoms with Gasteiger partial charge in [-0.25, -0.2) is 0 Å². The fourth-order valence-electron chi connectivity index (χ4n) is 4.26. The highest BCUT2D eigenvalue weighted by molar-refractivity contribution is 5.79. The maximum atomic E-state index is 12.3. The van der Waals surface area contributed by atoms with Crippen LogP contribution in [0.5, 0.6) is 17.2 Å². The Balaban J connectivity index is 1.60. The molecule has 1 aliphatic rings. The summed E-state index contributed by atoms with van der Waals surface area (Å²) < 4.78 is 16.5. The second-order valence-corrected chi connectivity index (χ2v) is 10.4. The maximum Gasteiger partial charge on any atom is 0.311 e. The lowest BCUT2D eigenvalue weighted by molar-refractivity contribution is -0.385. The smallest absolute Gasteiger partial charge is 0.311 e. The van der Waals surface area contributed by atoms with Crippen LogP contribution >= 0.6 is 0 Å². The second kappa shape index (κ2) is 10.2. The molecule has 2 aromatic carbocycles. The van der Waals surface area contributed by atoms with E-state index in [1.165, 1.54) is 6.07 Å². The number of nitro groups is 1. The van der Waals surface area contributed by atoms with E-state index in [0.717, 1.165) is 12.0 Å². The van der Waals surface area contributed by atoms with Crippen LogP contribution in [0.4, 0.5) is 5.69 Å². The van der Waals surface area contributed by atoms with Gasteiger partial charge in [-0.3, -0.25) is 25.8 Å². The highest BCUT2D eigenvalue weighted by atomic mass is 16.6.